The lowest BCUT2D eigenvalue weighted by atomic mass is 10.0. The maximum absolute atomic E-state index is 14.5. The van der Waals surface area contributed by atoms with Gasteiger partial charge in [0, 0.05) is 49.4 Å². The second-order valence-electron chi connectivity index (χ2n) is 10.4. The molecule has 1 aliphatic heterocycles. The maximum Gasteiger partial charge on any atom is 0.280 e. The summed E-state index contributed by atoms with van der Waals surface area (Å²) < 4.78 is 33.2. The van der Waals surface area contributed by atoms with Gasteiger partial charge in [-0.05, 0) is 56.2 Å². The Labute approximate surface area is 252 Å². The second kappa shape index (κ2) is 13.0. The third-order valence-electron chi connectivity index (χ3n) is 7.25. The monoisotopic (exact) mass is 605 g/mol. The molecule has 4 heterocycles. The van der Waals surface area contributed by atoms with E-state index in [1.54, 1.807) is 28.0 Å². The lowest BCUT2D eigenvalue weighted by Crippen LogP contribution is -2.47. The topological polar surface area (TPSA) is 89.3 Å². The second-order valence-corrected chi connectivity index (χ2v) is 11.3. The zero-order valence-corrected chi connectivity index (χ0v) is 25.3. The molecule has 5 rings (SSSR count). The molecule has 0 unspecified atom stereocenters. The highest BCUT2D eigenvalue weighted by Gasteiger charge is 2.27. The van der Waals surface area contributed by atoms with Crippen LogP contribution in [0.15, 0.2) is 58.3 Å². The standard InChI is InChI=1S/C32H33F2N5O3S/c1-5-20-6-8-22(42-4)15-27(20)39-28(14-19(2)3)23(31(40)38-12-10-35-11-13-38)16-24(32(39)41)30-37-26(18-43-30)21-7-9-25(29(33)34)36-17-21/h6-9,14-18,29,35H,5,10-13H2,1-4H3. The van der Waals surface area contributed by atoms with E-state index in [4.69, 9.17) is 9.72 Å². The van der Waals surface area contributed by atoms with Crippen molar-refractivity contribution in [1.29, 1.82) is 0 Å². The molecular formula is C32H33F2N5O3S. The number of aryl methyl sites for hydroxylation is 1. The highest BCUT2D eigenvalue weighted by atomic mass is 32.1. The van der Waals surface area contributed by atoms with E-state index in [9.17, 15) is 18.4 Å². The number of nitrogens with zero attached hydrogens (tertiary/aromatic N) is 4. The molecule has 3 aromatic heterocycles. The Morgan fingerprint density at radius 1 is 1.16 bits per heavy atom. The van der Waals surface area contributed by atoms with E-state index in [0.717, 1.165) is 11.1 Å². The third-order valence-corrected chi connectivity index (χ3v) is 8.13. The predicted octanol–water partition coefficient (Wildman–Crippen LogP) is 6.00. The largest absolute Gasteiger partial charge is 0.497 e. The van der Waals surface area contributed by atoms with Gasteiger partial charge in [0.05, 0.1) is 35.3 Å². The van der Waals surface area contributed by atoms with Crippen LogP contribution in [0.3, 0.4) is 0 Å². The minimum atomic E-state index is -2.67. The fourth-order valence-electron chi connectivity index (χ4n) is 5.04. The molecule has 0 aliphatic carbocycles. The lowest BCUT2D eigenvalue weighted by Gasteiger charge is -2.29. The first-order chi connectivity index (χ1) is 20.7. The average Bonchev–Trinajstić information content (AvgIpc) is 3.51. The summed E-state index contributed by atoms with van der Waals surface area (Å²) in [7, 11) is 1.57. The van der Waals surface area contributed by atoms with Crippen molar-refractivity contribution >= 4 is 23.3 Å². The normalized spacial score (nSPS) is 13.3. The number of nitrogens with one attached hydrogen (secondary N) is 1. The minimum absolute atomic E-state index is 0.173. The van der Waals surface area contributed by atoms with Crippen LogP contribution in [-0.2, 0) is 6.42 Å². The SMILES string of the molecule is CCc1ccc(OC)cc1-n1c(C=C(C)C)c(C(=O)N2CCNCC2)cc(-c2nc(-c3ccc(C(F)F)nc3)cs2)c1=O. The van der Waals surface area contributed by atoms with Crippen LogP contribution < -0.4 is 15.6 Å². The molecule has 1 amide bonds. The third kappa shape index (κ3) is 6.28. The molecule has 1 saturated heterocycles. The molecule has 43 heavy (non-hydrogen) atoms. The average molecular weight is 606 g/mol. The fraction of sp³-hybridized carbons (Fsp3) is 0.312. The molecule has 0 spiro atoms. The van der Waals surface area contributed by atoms with Crippen molar-refractivity contribution in [2.45, 2.75) is 33.6 Å². The summed E-state index contributed by atoms with van der Waals surface area (Å²) in [5.41, 5.74) is 4.00. The predicted molar refractivity (Wildman–Crippen MR) is 165 cm³/mol. The van der Waals surface area contributed by atoms with E-state index in [2.05, 4.69) is 10.3 Å². The number of methoxy groups -OCH3 is 1. The molecule has 0 atom stereocenters. The number of piperazine rings is 1. The van der Waals surface area contributed by atoms with Crippen molar-refractivity contribution < 1.29 is 18.3 Å². The maximum atomic E-state index is 14.5. The Kier molecular flexibility index (Phi) is 9.12. The van der Waals surface area contributed by atoms with Crippen molar-refractivity contribution in [3.05, 3.63) is 86.4 Å². The van der Waals surface area contributed by atoms with Crippen LogP contribution in [0.4, 0.5) is 8.78 Å². The first-order valence-corrected chi connectivity index (χ1v) is 14.9. The van der Waals surface area contributed by atoms with Crippen molar-refractivity contribution in [2.75, 3.05) is 33.3 Å². The number of ether oxygens (including phenoxy) is 1. The number of thiazole rings is 1. The van der Waals surface area contributed by atoms with Gasteiger partial charge in [-0.3, -0.25) is 19.1 Å². The highest BCUT2D eigenvalue weighted by molar-refractivity contribution is 7.13. The number of hydrogen-bond acceptors (Lipinski definition) is 7. The molecular weight excluding hydrogens is 572 g/mol. The Morgan fingerprint density at radius 3 is 2.56 bits per heavy atom. The summed E-state index contributed by atoms with van der Waals surface area (Å²) in [5.74, 6) is 0.410. The zero-order valence-electron chi connectivity index (χ0n) is 24.5. The van der Waals surface area contributed by atoms with Crippen molar-refractivity contribution in [2.24, 2.45) is 0 Å². The lowest BCUT2D eigenvalue weighted by molar-refractivity contribution is 0.0735. The summed E-state index contributed by atoms with van der Waals surface area (Å²) >= 11 is 1.24. The Morgan fingerprint density at radius 2 is 1.93 bits per heavy atom. The fourth-order valence-corrected chi connectivity index (χ4v) is 5.88. The Balaban J connectivity index is 1.76. The smallest absolute Gasteiger partial charge is 0.280 e. The van der Waals surface area contributed by atoms with E-state index in [1.807, 2.05) is 45.0 Å². The number of allylic oxidation sites excluding steroid dienone is 1. The molecule has 0 bridgehead atoms. The highest BCUT2D eigenvalue weighted by Crippen LogP contribution is 2.32. The number of alkyl halides is 2. The van der Waals surface area contributed by atoms with Gasteiger partial charge in [0.15, 0.2) is 0 Å². The summed E-state index contributed by atoms with van der Waals surface area (Å²) in [6, 6.07) is 10.0. The minimum Gasteiger partial charge on any atom is -0.497 e. The van der Waals surface area contributed by atoms with Crippen LogP contribution in [0, 0.1) is 0 Å². The molecule has 1 aromatic carbocycles. The molecule has 11 heteroatoms. The van der Waals surface area contributed by atoms with Gasteiger partial charge in [-0.25, -0.2) is 13.8 Å². The van der Waals surface area contributed by atoms with E-state index in [1.165, 1.54) is 29.7 Å². The Hall–Kier alpha value is -4.22. The summed E-state index contributed by atoms with van der Waals surface area (Å²) in [4.78, 5) is 38.9. The van der Waals surface area contributed by atoms with Gasteiger partial charge < -0.3 is 15.0 Å². The molecule has 8 nitrogen and oxygen atoms in total. The van der Waals surface area contributed by atoms with Gasteiger partial charge in [0.1, 0.15) is 16.5 Å². The number of hydrogen-bond donors (Lipinski definition) is 1. The van der Waals surface area contributed by atoms with E-state index < -0.39 is 6.43 Å². The van der Waals surface area contributed by atoms with Gasteiger partial charge in [0.2, 0.25) is 0 Å². The molecule has 1 aliphatic rings. The molecule has 224 valence electrons. The van der Waals surface area contributed by atoms with E-state index in [-0.39, 0.29) is 22.7 Å². The van der Waals surface area contributed by atoms with Crippen LogP contribution in [0.5, 0.6) is 5.75 Å². The van der Waals surface area contributed by atoms with Crippen LogP contribution in [0.2, 0.25) is 0 Å². The van der Waals surface area contributed by atoms with E-state index >= 15 is 0 Å². The van der Waals surface area contributed by atoms with Gasteiger partial charge in [-0.15, -0.1) is 11.3 Å². The molecule has 1 N–H and O–H groups in total. The van der Waals surface area contributed by atoms with Crippen molar-refractivity contribution in [3.63, 3.8) is 0 Å². The molecule has 4 aromatic rings. The number of halogens is 2. The van der Waals surface area contributed by atoms with Gasteiger partial charge in [-0.2, -0.15) is 0 Å². The number of rotatable bonds is 8. The molecule has 0 radical (unpaired) electrons. The van der Waals surface area contributed by atoms with Gasteiger partial charge >= 0.3 is 0 Å². The number of carbonyl (C=O) groups excluding carboxylic acids is 1. The van der Waals surface area contributed by atoms with Gasteiger partial charge in [-0.1, -0.05) is 18.6 Å². The summed E-state index contributed by atoms with van der Waals surface area (Å²) in [5, 5.41) is 5.44. The number of amides is 1. The Bertz CT molecular complexity index is 1720. The van der Waals surface area contributed by atoms with Crippen LogP contribution in [-0.4, -0.2) is 58.6 Å². The summed E-state index contributed by atoms with van der Waals surface area (Å²) in [6.07, 6.45) is 1.19. The van der Waals surface area contributed by atoms with Crippen LogP contribution in [0.25, 0.3) is 33.6 Å². The van der Waals surface area contributed by atoms with Crippen molar-refractivity contribution in [1.82, 2.24) is 24.8 Å². The van der Waals surface area contributed by atoms with Crippen LogP contribution >= 0.6 is 11.3 Å². The number of pyridine rings is 2. The van der Waals surface area contributed by atoms with Gasteiger partial charge in [0.25, 0.3) is 17.9 Å². The zero-order chi connectivity index (χ0) is 30.7. The quantitative estimate of drug-likeness (QED) is 0.265. The summed E-state index contributed by atoms with van der Waals surface area (Å²) in [6.45, 7) is 8.31. The number of benzene rings is 1. The number of aromatic nitrogens is 3. The number of carbonyl (C=O) groups is 1. The molecule has 0 saturated carbocycles. The molecule has 1 fully saturated rings. The first kappa shape index (κ1) is 30.2. The van der Waals surface area contributed by atoms with Crippen molar-refractivity contribution in [3.8, 4) is 33.3 Å². The van der Waals surface area contributed by atoms with E-state index in [0.29, 0.717) is 71.6 Å². The first-order valence-electron chi connectivity index (χ1n) is 14.0. The van der Waals surface area contributed by atoms with Crippen LogP contribution in [0.1, 0.15) is 54.5 Å².